The molecule has 0 saturated carbocycles. The summed E-state index contributed by atoms with van der Waals surface area (Å²) in [6.07, 6.45) is 4.14. The number of aryl methyl sites for hydroxylation is 2. The molecule has 102 valence electrons. The number of nitrogens with zero attached hydrogens (tertiary/aromatic N) is 1. The van der Waals surface area contributed by atoms with Crippen LogP contribution in [-0.4, -0.2) is 28.3 Å². The summed E-state index contributed by atoms with van der Waals surface area (Å²) in [5, 5.41) is 0.250. The van der Waals surface area contributed by atoms with E-state index < -0.39 is 0 Å². The second-order valence-corrected chi connectivity index (χ2v) is 6.55. The molecule has 2 aliphatic rings. The monoisotopic (exact) mass is 277 g/mol. The van der Waals surface area contributed by atoms with Gasteiger partial charge in [0.05, 0.1) is 0 Å². The standard InChI is InChI=1S/C16H20ClNO/c1-10-4-3-5-11(2)15(10)16(19)18-13-6-7-14(18)9-12(17)8-13/h3-5,12-14H,6-9H2,1-2H3. The van der Waals surface area contributed by atoms with Crippen LogP contribution in [0.3, 0.4) is 0 Å². The van der Waals surface area contributed by atoms with E-state index in [0.29, 0.717) is 12.1 Å². The molecule has 2 nitrogen and oxygen atoms in total. The van der Waals surface area contributed by atoms with Crippen LogP contribution in [0.15, 0.2) is 18.2 Å². The zero-order valence-electron chi connectivity index (χ0n) is 11.5. The van der Waals surface area contributed by atoms with Crippen LogP contribution in [0.2, 0.25) is 0 Å². The molecule has 2 heterocycles. The normalized spacial score (nSPS) is 29.6. The predicted octanol–water partition coefficient (Wildman–Crippen LogP) is 3.68. The molecule has 2 aliphatic heterocycles. The van der Waals surface area contributed by atoms with Gasteiger partial charge in [0.2, 0.25) is 0 Å². The topological polar surface area (TPSA) is 20.3 Å². The molecule has 0 N–H and O–H groups in total. The number of carbonyl (C=O) groups is 1. The summed E-state index contributed by atoms with van der Waals surface area (Å²) >= 11 is 6.29. The van der Waals surface area contributed by atoms with E-state index in [2.05, 4.69) is 4.90 Å². The fraction of sp³-hybridized carbons (Fsp3) is 0.562. The Morgan fingerprint density at radius 1 is 1.16 bits per heavy atom. The Bertz CT molecular complexity index is 479. The van der Waals surface area contributed by atoms with Crippen LogP contribution in [0.1, 0.15) is 47.2 Å². The van der Waals surface area contributed by atoms with Crippen molar-refractivity contribution in [3.05, 3.63) is 34.9 Å². The largest absolute Gasteiger partial charge is 0.333 e. The summed E-state index contributed by atoms with van der Waals surface area (Å²) in [5.41, 5.74) is 3.06. The van der Waals surface area contributed by atoms with Gasteiger partial charge in [0.25, 0.3) is 5.91 Å². The summed E-state index contributed by atoms with van der Waals surface area (Å²) in [4.78, 5) is 15.0. The highest BCUT2D eigenvalue weighted by Gasteiger charge is 2.43. The van der Waals surface area contributed by atoms with Crippen molar-refractivity contribution in [1.29, 1.82) is 0 Å². The molecule has 2 saturated heterocycles. The van der Waals surface area contributed by atoms with E-state index in [1.165, 1.54) is 0 Å². The van der Waals surface area contributed by atoms with Crippen LogP contribution in [0.25, 0.3) is 0 Å². The van der Waals surface area contributed by atoms with E-state index in [9.17, 15) is 4.79 Å². The molecule has 1 amide bonds. The maximum Gasteiger partial charge on any atom is 0.254 e. The Balaban J connectivity index is 1.93. The molecule has 0 aromatic heterocycles. The Labute approximate surface area is 119 Å². The molecule has 0 spiro atoms. The van der Waals surface area contributed by atoms with Crippen molar-refractivity contribution in [1.82, 2.24) is 4.90 Å². The van der Waals surface area contributed by atoms with Crippen LogP contribution in [0.5, 0.6) is 0 Å². The molecule has 3 heteroatoms. The number of alkyl halides is 1. The minimum absolute atomic E-state index is 0.215. The lowest BCUT2D eigenvalue weighted by atomic mass is 9.97. The van der Waals surface area contributed by atoms with E-state index in [-0.39, 0.29) is 11.3 Å². The van der Waals surface area contributed by atoms with Gasteiger partial charge in [-0.05, 0) is 50.7 Å². The van der Waals surface area contributed by atoms with E-state index in [4.69, 9.17) is 11.6 Å². The van der Waals surface area contributed by atoms with Crippen molar-refractivity contribution < 1.29 is 4.79 Å². The second-order valence-electron chi connectivity index (χ2n) is 5.93. The number of halogens is 1. The predicted molar refractivity (Wildman–Crippen MR) is 77.8 cm³/mol. The average Bonchev–Trinajstić information content (AvgIpc) is 2.61. The summed E-state index contributed by atoms with van der Waals surface area (Å²) in [5.74, 6) is 0.215. The lowest BCUT2D eigenvalue weighted by Gasteiger charge is -2.37. The number of benzene rings is 1. The zero-order chi connectivity index (χ0) is 13.6. The lowest BCUT2D eigenvalue weighted by molar-refractivity contribution is 0.0598. The summed E-state index contributed by atoms with van der Waals surface area (Å²) in [6.45, 7) is 4.05. The third kappa shape index (κ3) is 2.16. The van der Waals surface area contributed by atoms with Crippen LogP contribution in [0, 0.1) is 13.8 Å². The van der Waals surface area contributed by atoms with Gasteiger partial charge in [-0.25, -0.2) is 0 Å². The van der Waals surface area contributed by atoms with Crippen molar-refractivity contribution in [3.8, 4) is 0 Å². The first-order chi connectivity index (χ1) is 9.08. The van der Waals surface area contributed by atoms with E-state index in [1.807, 2.05) is 32.0 Å². The number of piperidine rings is 1. The summed E-state index contributed by atoms with van der Waals surface area (Å²) in [7, 11) is 0. The van der Waals surface area contributed by atoms with Crippen LogP contribution in [0.4, 0.5) is 0 Å². The quantitative estimate of drug-likeness (QED) is 0.717. The SMILES string of the molecule is Cc1cccc(C)c1C(=O)N1C2CCC1CC(Cl)C2. The van der Waals surface area contributed by atoms with Gasteiger partial charge in [-0.1, -0.05) is 18.2 Å². The minimum Gasteiger partial charge on any atom is -0.333 e. The molecule has 2 unspecified atom stereocenters. The zero-order valence-corrected chi connectivity index (χ0v) is 12.3. The highest BCUT2D eigenvalue weighted by molar-refractivity contribution is 6.20. The van der Waals surface area contributed by atoms with Crippen molar-refractivity contribution in [3.63, 3.8) is 0 Å². The first kappa shape index (κ1) is 13.0. The highest BCUT2D eigenvalue weighted by atomic mass is 35.5. The molecule has 0 radical (unpaired) electrons. The number of amides is 1. The number of hydrogen-bond acceptors (Lipinski definition) is 1. The Morgan fingerprint density at radius 2 is 1.68 bits per heavy atom. The van der Waals surface area contributed by atoms with Gasteiger partial charge in [0.15, 0.2) is 0 Å². The summed E-state index contributed by atoms with van der Waals surface area (Å²) in [6, 6.07) is 6.77. The first-order valence-electron chi connectivity index (χ1n) is 7.11. The Kier molecular flexibility index (Phi) is 3.30. The molecular weight excluding hydrogens is 258 g/mol. The van der Waals surface area contributed by atoms with Crippen molar-refractivity contribution >= 4 is 17.5 Å². The third-order valence-electron chi connectivity index (χ3n) is 4.61. The molecule has 19 heavy (non-hydrogen) atoms. The highest BCUT2D eigenvalue weighted by Crippen LogP contribution is 2.39. The smallest absolute Gasteiger partial charge is 0.254 e. The van der Waals surface area contributed by atoms with Crippen molar-refractivity contribution in [2.45, 2.75) is 57.0 Å². The number of hydrogen-bond donors (Lipinski definition) is 0. The van der Waals surface area contributed by atoms with Gasteiger partial charge in [0.1, 0.15) is 0 Å². The fourth-order valence-corrected chi connectivity index (χ4v) is 4.13. The molecule has 1 aromatic carbocycles. The third-order valence-corrected chi connectivity index (χ3v) is 4.96. The van der Waals surface area contributed by atoms with E-state index >= 15 is 0 Å². The van der Waals surface area contributed by atoms with Gasteiger partial charge in [-0.3, -0.25) is 4.79 Å². The number of fused-ring (bicyclic) bond motifs is 2. The molecule has 2 atom stereocenters. The van der Waals surface area contributed by atoms with Crippen LogP contribution >= 0.6 is 11.6 Å². The van der Waals surface area contributed by atoms with Crippen molar-refractivity contribution in [2.75, 3.05) is 0 Å². The maximum absolute atomic E-state index is 12.9. The number of carbonyl (C=O) groups excluding carboxylic acids is 1. The maximum atomic E-state index is 12.9. The molecular formula is C16H20ClNO. The van der Waals surface area contributed by atoms with Crippen molar-refractivity contribution in [2.24, 2.45) is 0 Å². The molecule has 2 fully saturated rings. The van der Waals surface area contributed by atoms with E-state index in [1.54, 1.807) is 0 Å². The van der Waals surface area contributed by atoms with Gasteiger partial charge < -0.3 is 4.90 Å². The fourth-order valence-electron chi connectivity index (χ4n) is 3.72. The van der Waals surface area contributed by atoms with E-state index in [0.717, 1.165) is 42.4 Å². The first-order valence-corrected chi connectivity index (χ1v) is 7.54. The van der Waals surface area contributed by atoms with Gasteiger partial charge in [-0.15, -0.1) is 11.6 Å². The van der Waals surface area contributed by atoms with Gasteiger partial charge >= 0.3 is 0 Å². The molecule has 3 rings (SSSR count). The Hall–Kier alpha value is -1.02. The average molecular weight is 278 g/mol. The number of rotatable bonds is 1. The minimum atomic E-state index is 0.215. The summed E-state index contributed by atoms with van der Waals surface area (Å²) < 4.78 is 0. The molecule has 0 aliphatic carbocycles. The van der Waals surface area contributed by atoms with Gasteiger partial charge in [-0.2, -0.15) is 0 Å². The molecule has 2 bridgehead atoms. The Morgan fingerprint density at radius 3 is 2.21 bits per heavy atom. The lowest BCUT2D eigenvalue weighted by Crippen LogP contribution is -2.47. The van der Waals surface area contributed by atoms with Crippen LogP contribution in [-0.2, 0) is 0 Å². The van der Waals surface area contributed by atoms with Gasteiger partial charge in [0, 0.05) is 23.0 Å². The molecule has 1 aromatic rings. The van der Waals surface area contributed by atoms with Crippen LogP contribution < -0.4 is 0 Å². The second kappa shape index (κ2) is 4.82.